The number of carbonyl (C=O) groups is 3. The molecule has 1 aromatic rings. The first kappa shape index (κ1) is 13.7. The minimum atomic E-state index is -0.796. The fourth-order valence-corrected chi connectivity index (χ4v) is 2.48. The summed E-state index contributed by atoms with van der Waals surface area (Å²) in [5.74, 6) is -1.78. The van der Waals surface area contributed by atoms with Gasteiger partial charge in [0.2, 0.25) is 11.8 Å². The monoisotopic (exact) mass is 324 g/mol. The average molecular weight is 325 g/mol. The third-order valence-corrected chi connectivity index (χ3v) is 3.61. The minimum absolute atomic E-state index is 0.429. The third kappa shape index (κ3) is 2.53. The van der Waals surface area contributed by atoms with Crippen molar-refractivity contribution in [1.82, 2.24) is 5.32 Å². The second-order valence-corrected chi connectivity index (χ2v) is 5.12. The molecule has 0 saturated carbocycles. The normalized spacial score (nSPS) is 19.6. The molecule has 5 nitrogen and oxygen atoms in total. The number of hydrogen-bond acceptors (Lipinski definition) is 3. The molecule has 6 heteroatoms. The van der Waals surface area contributed by atoms with E-state index in [9.17, 15) is 14.4 Å². The maximum Gasteiger partial charge on any atom is 0.335 e. The molecular weight excluding hydrogens is 312 g/mol. The standard InChI is InChI=1S/C13H13BrN2O3/c1-2-5-8-11(17)15-13(19)16(12(8)18)10-7-4-3-6-9(10)14/h3-4,6-8H,2,5H2,1H3,(H,15,17,19). The zero-order chi connectivity index (χ0) is 14.0. The molecule has 0 spiro atoms. The number of barbiturate groups is 1. The largest absolute Gasteiger partial charge is 0.335 e. The summed E-state index contributed by atoms with van der Waals surface area (Å²) in [6.07, 6.45) is 1.13. The van der Waals surface area contributed by atoms with Crippen molar-refractivity contribution in [2.75, 3.05) is 4.90 Å². The molecule has 19 heavy (non-hydrogen) atoms. The van der Waals surface area contributed by atoms with Gasteiger partial charge in [-0.3, -0.25) is 14.9 Å². The Hall–Kier alpha value is -1.69. The molecule has 1 N–H and O–H groups in total. The van der Waals surface area contributed by atoms with Crippen LogP contribution in [0.2, 0.25) is 0 Å². The van der Waals surface area contributed by atoms with E-state index < -0.39 is 23.8 Å². The maximum absolute atomic E-state index is 12.3. The van der Waals surface area contributed by atoms with Crippen molar-refractivity contribution in [2.24, 2.45) is 5.92 Å². The number of nitrogens with zero attached hydrogens (tertiary/aromatic N) is 1. The van der Waals surface area contributed by atoms with Crippen LogP contribution in [0.1, 0.15) is 19.8 Å². The van der Waals surface area contributed by atoms with E-state index in [2.05, 4.69) is 21.2 Å². The quantitative estimate of drug-likeness (QED) is 0.868. The van der Waals surface area contributed by atoms with Crippen LogP contribution in [0.5, 0.6) is 0 Å². The molecule has 1 fully saturated rings. The fourth-order valence-electron chi connectivity index (χ4n) is 2.02. The summed E-state index contributed by atoms with van der Waals surface area (Å²) in [6.45, 7) is 1.89. The van der Waals surface area contributed by atoms with Gasteiger partial charge in [-0.05, 0) is 34.5 Å². The van der Waals surface area contributed by atoms with Gasteiger partial charge in [0.15, 0.2) is 0 Å². The molecule has 100 valence electrons. The Bertz CT molecular complexity index is 544. The van der Waals surface area contributed by atoms with Gasteiger partial charge >= 0.3 is 6.03 Å². The Balaban J connectivity index is 2.39. The first-order valence-electron chi connectivity index (χ1n) is 5.99. The number of urea groups is 1. The lowest BCUT2D eigenvalue weighted by Gasteiger charge is -2.30. The van der Waals surface area contributed by atoms with E-state index in [1.54, 1.807) is 24.3 Å². The summed E-state index contributed by atoms with van der Waals surface area (Å²) in [5.41, 5.74) is 0.443. The van der Waals surface area contributed by atoms with Gasteiger partial charge in [0, 0.05) is 4.47 Å². The lowest BCUT2D eigenvalue weighted by atomic mass is 9.99. The van der Waals surface area contributed by atoms with Crippen LogP contribution in [0, 0.1) is 5.92 Å². The van der Waals surface area contributed by atoms with E-state index in [-0.39, 0.29) is 0 Å². The first-order valence-corrected chi connectivity index (χ1v) is 6.79. The van der Waals surface area contributed by atoms with E-state index >= 15 is 0 Å². The van der Waals surface area contributed by atoms with Crippen molar-refractivity contribution in [3.63, 3.8) is 0 Å². The number of amides is 4. The summed E-state index contributed by atoms with van der Waals surface area (Å²) >= 11 is 3.30. The molecule has 1 aliphatic rings. The van der Waals surface area contributed by atoms with Crippen molar-refractivity contribution < 1.29 is 14.4 Å². The van der Waals surface area contributed by atoms with Gasteiger partial charge in [-0.15, -0.1) is 0 Å². The lowest BCUT2D eigenvalue weighted by Crippen LogP contribution is -2.58. The predicted molar refractivity (Wildman–Crippen MR) is 73.6 cm³/mol. The zero-order valence-corrected chi connectivity index (χ0v) is 11.9. The summed E-state index contributed by atoms with van der Waals surface area (Å²) < 4.78 is 0.628. The lowest BCUT2D eigenvalue weighted by molar-refractivity contribution is -0.134. The molecule has 0 aliphatic carbocycles. The number of halogens is 1. The molecule has 1 unspecified atom stereocenters. The number of nitrogens with one attached hydrogen (secondary N) is 1. The Kier molecular flexibility index (Phi) is 3.99. The first-order chi connectivity index (χ1) is 9.06. The van der Waals surface area contributed by atoms with Gasteiger partial charge in [-0.25, -0.2) is 9.69 Å². The topological polar surface area (TPSA) is 66.5 Å². The number of hydrogen-bond donors (Lipinski definition) is 1. The van der Waals surface area contributed by atoms with Gasteiger partial charge in [-0.2, -0.15) is 0 Å². The maximum atomic E-state index is 12.3. The van der Waals surface area contributed by atoms with Gasteiger partial charge in [0.1, 0.15) is 5.92 Å². The Morgan fingerprint density at radius 3 is 2.58 bits per heavy atom. The van der Waals surface area contributed by atoms with Gasteiger partial charge in [-0.1, -0.05) is 25.5 Å². The molecule has 1 saturated heterocycles. The highest BCUT2D eigenvalue weighted by molar-refractivity contribution is 9.10. The van der Waals surface area contributed by atoms with Crippen LogP contribution in [0.25, 0.3) is 0 Å². The van der Waals surface area contributed by atoms with Crippen LogP contribution in [-0.4, -0.2) is 17.8 Å². The zero-order valence-electron chi connectivity index (χ0n) is 10.4. The molecule has 0 bridgehead atoms. The number of benzene rings is 1. The second kappa shape index (κ2) is 5.52. The molecule has 4 amide bonds. The van der Waals surface area contributed by atoms with Gasteiger partial charge < -0.3 is 0 Å². The van der Waals surface area contributed by atoms with E-state index in [1.807, 2.05) is 6.92 Å². The smallest absolute Gasteiger partial charge is 0.277 e. The van der Waals surface area contributed by atoms with Crippen molar-refractivity contribution in [3.8, 4) is 0 Å². The molecule has 2 rings (SSSR count). The predicted octanol–water partition coefficient (Wildman–Crippen LogP) is 2.45. The molecular formula is C13H13BrN2O3. The summed E-state index contributed by atoms with van der Waals surface area (Å²) in [6, 6.07) is 6.21. The number of imide groups is 2. The highest BCUT2D eigenvalue weighted by Crippen LogP contribution is 2.29. The van der Waals surface area contributed by atoms with Crippen LogP contribution < -0.4 is 10.2 Å². The Morgan fingerprint density at radius 2 is 1.95 bits per heavy atom. The van der Waals surface area contributed by atoms with E-state index in [1.165, 1.54) is 0 Å². The van der Waals surface area contributed by atoms with Crippen molar-refractivity contribution >= 4 is 39.5 Å². The highest BCUT2D eigenvalue weighted by Gasteiger charge is 2.41. The van der Waals surface area contributed by atoms with Crippen LogP contribution in [0.15, 0.2) is 28.7 Å². The fraction of sp³-hybridized carbons (Fsp3) is 0.308. The second-order valence-electron chi connectivity index (χ2n) is 4.26. The number of para-hydroxylation sites is 1. The Morgan fingerprint density at radius 1 is 1.26 bits per heavy atom. The molecule has 1 heterocycles. The van der Waals surface area contributed by atoms with Gasteiger partial charge in [0.25, 0.3) is 0 Å². The molecule has 1 aromatic carbocycles. The van der Waals surface area contributed by atoms with Crippen LogP contribution in [0.3, 0.4) is 0 Å². The summed E-state index contributed by atoms with van der Waals surface area (Å²) in [7, 11) is 0. The average Bonchev–Trinajstić information content (AvgIpc) is 2.36. The van der Waals surface area contributed by atoms with Crippen LogP contribution in [0.4, 0.5) is 10.5 Å². The van der Waals surface area contributed by atoms with Crippen LogP contribution in [-0.2, 0) is 9.59 Å². The van der Waals surface area contributed by atoms with Crippen molar-refractivity contribution in [3.05, 3.63) is 28.7 Å². The highest BCUT2D eigenvalue weighted by atomic mass is 79.9. The minimum Gasteiger partial charge on any atom is -0.277 e. The van der Waals surface area contributed by atoms with Crippen LogP contribution >= 0.6 is 15.9 Å². The number of anilines is 1. The van der Waals surface area contributed by atoms with E-state index in [0.717, 1.165) is 4.90 Å². The van der Waals surface area contributed by atoms with Gasteiger partial charge in [0.05, 0.1) is 5.69 Å². The molecule has 1 aliphatic heterocycles. The Labute approximate surface area is 119 Å². The summed E-state index contributed by atoms with van der Waals surface area (Å²) in [5, 5.41) is 2.23. The van der Waals surface area contributed by atoms with E-state index in [0.29, 0.717) is 23.0 Å². The van der Waals surface area contributed by atoms with E-state index in [4.69, 9.17) is 0 Å². The molecule has 0 aromatic heterocycles. The SMILES string of the molecule is CCCC1C(=O)NC(=O)N(c2ccccc2Br)C1=O. The molecule has 1 atom stereocenters. The molecule has 0 radical (unpaired) electrons. The summed E-state index contributed by atoms with van der Waals surface area (Å²) in [4.78, 5) is 36.9. The number of rotatable bonds is 3. The van der Waals surface area contributed by atoms with Crippen molar-refractivity contribution in [1.29, 1.82) is 0 Å². The number of carbonyl (C=O) groups excluding carboxylic acids is 3. The van der Waals surface area contributed by atoms with Crippen molar-refractivity contribution in [2.45, 2.75) is 19.8 Å². The third-order valence-electron chi connectivity index (χ3n) is 2.94.